The Balaban J connectivity index is 4.70. The van der Waals surface area contributed by atoms with Crippen molar-refractivity contribution in [1.29, 1.82) is 0 Å². The first kappa shape index (κ1) is 11.9. The molecular formula is C8H15NO4. The monoisotopic (exact) mass is 189 g/mol. The van der Waals surface area contributed by atoms with Crippen LogP contribution in [0.25, 0.3) is 0 Å². The van der Waals surface area contributed by atoms with Crippen molar-refractivity contribution >= 4 is 5.97 Å². The van der Waals surface area contributed by atoms with Crippen molar-refractivity contribution in [3.8, 4) is 0 Å². The number of carbonyl (C=O) groups is 1. The molecule has 0 aromatic rings. The highest BCUT2D eigenvalue weighted by Crippen LogP contribution is 2.10. The molecule has 13 heavy (non-hydrogen) atoms. The molecule has 0 aromatic carbocycles. The summed E-state index contributed by atoms with van der Waals surface area (Å²) in [6.45, 7) is 3.11. The zero-order chi connectivity index (χ0) is 10.6. The Morgan fingerprint density at radius 2 is 1.92 bits per heavy atom. The molecule has 1 unspecified atom stereocenters. The molecule has 0 radical (unpaired) electrons. The van der Waals surface area contributed by atoms with E-state index >= 15 is 0 Å². The summed E-state index contributed by atoms with van der Waals surface area (Å²) in [5.41, 5.74) is 0.00343. The molecule has 0 amide bonds. The highest BCUT2D eigenvalue weighted by atomic mass is 17.1. The van der Waals surface area contributed by atoms with Gasteiger partial charge in [-0.15, -0.1) is 0 Å². The lowest BCUT2D eigenvalue weighted by Gasteiger charge is -2.19. The summed E-state index contributed by atoms with van der Waals surface area (Å²) in [6.07, 6.45) is 0. The molecule has 1 atom stereocenters. The highest BCUT2D eigenvalue weighted by molar-refractivity contribution is 5.87. The normalized spacial score (nSPS) is 15.2. The number of likely N-dealkylation sites (N-methyl/N-ethyl adjacent to an activating group) is 1. The average molecular weight is 189 g/mol. The molecule has 0 aromatic heterocycles. The van der Waals surface area contributed by atoms with Gasteiger partial charge in [0.1, 0.15) is 5.76 Å². The van der Waals surface area contributed by atoms with E-state index in [1.807, 2.05) is 0 Å². The molecule has 76 valence electrons. The number of rotatable bonds is 3. The molecule has 0 fully saturated rings. The van der Waals surface area contributed by atoms with Crippen LogP contribution in [0.3, 0.4) is 0 Å². The van der Waals surface area contributed by atoms with E-state index in [4.69, 9.17) is 5.26 Å². The molecule has 0 bridgehead atoms. The van der Waals surface area contributed by atoms with Crippen LogP contribution in [0.4, 0.5) is 0 Å². The molecule has 5 heteroatoms. The topological polar surface area (TPSA) is 70.0 Å². The maximum Gasteiger partial charge on any atom is 0.371 e. The van der Waals surface area contributed by atoms with Gasteiger partial charge in [0.2, 0.25) is 0 Å². The molecule has 0 rings (SSSR count). The van der Waals surface area contributed by atoms with Crippen molar-refractivity contribution in [2.24, 2.45) is 0 Å². The van der Waals surface area contributed by atoms with E-state index in [1.165, 1.54) is 6.92 Å². The predicted molar refractivity (Wildman–Crippen MR) is 47.2 cm³/mol. The zero-order valence-electron chi connectivity index (χ0n) is 8.24. The van der Waals surface area contributed by atoms with Crippen LogP contribution in [-0.2, 0) is 9.68 Å². The van der Waals surface area contributed by atoms with E-state index in [2.05, 4.69) is 4.89 Å². The Labute approximate surface area is 77.2 Å². The number of hydrogen-bond acceptors (Lipinski definition) is 5. The molecule has 2 N–H and O–H groups in total. The van der Waals surface area contributed by atoms with Crippen LogP contribution in [-0.4, -0.2) is 41.4 Å². The molecule has 0 saturated carbocycles. The third kappa shape index (κ3) is 3.04. The maximum atomic E-state index is 10.8. The Kier molecular flexibility index (Phi) is 4.44. The van der Waals surface area contributed by atoms with Crippen molar-refractivity contribution in [1.82, 2.24) is 4.90 Å². The quantitative estimate of drug-likeness (QED) is 0.297. The van der Waals surface area contributed by atoms with Crippen molar-refractivity contribution < 1.29 is 20.0 Å². The van der Waals surface area contributed by atoms with Gasteiger partial charge in [0.05, 0.1) is 11.6 Å². The largest absolute Gasteiger partial charge is 0.510 e. The van der Waals surface area contributed by atoms with Crippen LogP contribution in [0.2, 0.25) is 0 Å². The summed E-state index contributed by atoms with van der Waals surface area (Å²) >= 11 is 0. The van der Waals surface area contributed by atoms with Crippen molar-refractivity contribution in [2.75, 3.05) is 14.1 Å². The minimum Gasteiger partial charge on any atom is -0.510 e. The van der Waals surface area contributed by atoms with E-state index in [0.717, 1.165) is 0 Å². The molecular weight excluding hydrogens is 174 g/mol. The van der Waals surface area contributed by atoms with Gasteiger partial charge in [-0.3, -0.25) is 9.79 Å². The second-order valence-electron chi connectivity index (χ2n) is 3.03. The summed E-state index contributed by atoms with van der Waals surface area (Å²) < 4.78 is 0. The Morgan fingerprint density at radius 3 is 2.23 bits per heavy atom. The van der Waals surface area contributed by atoms with Gasteiger partial charge in [-0.05, 0) is 27.9 Å². The minimum absolute atomic E-state index is 0.00343. The first-order chi connectivity index (χ1) is 5.91. The van der Waals surface area contributed by atoms with Crippen molar-refractivity contribution in [3.63, 3.8) is 0 Å². The Morgan fingerprint density at radius 1 is 1.46 bits per heavy atom. The predicted octanol–water partition coefficient (Wildman–Crippen LogP) is 0.785. The summed E-state index contributed by atoms with van der Waals surface area (Å²) in [5.74, 6) is -1.05. The fourth-order valence-corrected chi connectivity index (χ4v) is 0.731. The maximum absolute atomic E-state index is 10.8. The van der Waals surface area contributed by atoms with Crippen LogP contribution < -0.4 is 0 Å². The molecule has 0 saturated heterocycles. The summed E-state index contributed by atoms with van der Waals surface area (Å²) in [6, 6.07) is -0.293. The lowest BCUT2D eigenvalue weighted by molar-refractivity contribution is -0.229. The lowest BCUT2D eigenvalue weighted by atomic mass is 10.1. The van der Waals surface area contributed by atoms with Gasteiger partial charge in [-0.25, -0.2) is 4.79 Å². The highest BCUT2D eigenvalue weighted by Gasteiger charge is 2.18. The first-order valence-electron chi connectivity index (χ1n) is 3.83. The summed E-state index contributed by atoms with van der Waals surface area (Å²) in [4.78, 5) is 16.0. The van der Waals surface area contributed by atoms with Crippen LogP contribution in [0.5, 0.6) is 0 Å². The number of nitrogens with zero attached hydrogens (tertiary/aromatic N) is 1. The van der Waals surface area contributed by atoms with Crippen molar-refractivity contribution in [2.45, 2.75) is 19.9 Å². The molecule has 0 spiro atoms. The number of aliphatic hydroxyl groups excluding tert-OH is 1. The second kappa shape index (κ2) is 4.84. The van der Waals surface area contributed by atoms with Gasteiger partial charge in [-0.2, -0.15) is 5.26 Å². The number of aliphatic hydroxyl groups is 1. The van der Waals surface area contributed by atoms with Crippen LogP contribution in [0.1, 0.15) is 13.8 Å². The fourth-order valence-electron chi connectivity index (χ4n) is 0.731. The van der Waals surface area contributed by atoms with E-state index < -0.39 is 5.97 Å². The molecule has 0 aliphatic carbocycles. The van der Waals surface area contributed by atoms with Crippen LogP contribution in [0, 0.1) is 0 Å². The van der Waals surface area contributed by atoms with Gasteiger partial charge >= 0.3 is 5.97 Å². The standard InChI is InChI=1S/C8H15NO4/c1-5(8(11)13-12)7(10)6(2)9(3)4/h6,10,12H,1-4H3. The SMILES string of the molecule is CC(C(=O)OO)=C(O)C(C)N(C)C. The van der Waals surface area contributed by atoms with Gasteiger partial charge < -0.3 is 5.11 Å². The number of carbonyl (C=O) groups excluding carboxylic acids is 1. The van der Waals surface area contributed by atoms with E-state index in [9.17, 15) is 9.90 Å². The van der Waals surface area contributed by atoms with Crippen LogP contribution in [0.15, 0.2) is 11.3 Å². The molecule has 0 aliphatic heterocycles. The third-order valence-electron chi connectivity index (χ3n) is 1.94. The molecule has 5 nitrogen and oxygen atoms in total. The van der Waals surface area contributed by atoms with Crippen molar-refractivity contribution in [3.05, 3.63) is 11.3 Å². The van der Waals surface area contributed by atoms with Gasteiger partial charge in [-0.1, -0.05) is 0 Å². The summed E-state index contributed by atoms with van der Waals surface area (Å²) in [7, 11) is 3.52. The van der Waals surface area contributed by atoms with Gasteiger partial charge in [0.15, 0.2) is 0 Å². The van der Waals surface area contributed by atoms with Gasteiger partial charge in [0, 0.05) is 0 Å². The Bertz CT molecular complexity index is 222. The smallest absolute Gasteiger partial charge is 0.371 e. The molecule has 0 aliphatic rings. The minimum atomic E-state index is -0.939. The van der Waals surface area contributed by atoms with E-state index in [1.54, 1.807) is 25.9 Å². The summed E-state index contributed by atoms with van der Waals surface area (Å²) in [5, 5.41) is 17.6. The Hall–Kier alpha value is -1.07. The lowest BCUT2D eigenvalue weighted by Crippen LogP contribution is -2.28. The van der Waals surface area contributed by atoms with Crippen LogP contribution >= 0.6 is 0 Å². The fraction of sp³-hybridized carbons (Fsp3) is 0.625. The zero-order valence-corrected chi connectivity index (χ0v) is 8.24. The average Bonchev–Trinajstić information content (AvgIpc) is 2.12. The second-order valence-corrected chi connectivity index (χ2v) is 3.03. The molecule has 0 heterocycles. The van der Waals surface area contributed by atoms with Gasteiger partial charge in [0.25, 0.3) is 0 Å². The first-order valence-corrected chi connectivity index (χ1v) is 3.83. The number of hydrogen-bond donors (Lipinski definition) is 2. The van der Waals surface area contributed by atoms with E-state index in [-0.39, 0.29) is 17.4 Å². The van der Waals surface area contributed by atoms with E-state index in [0.29, 0.717) is 0 Å². The third-order valence-corrected chi connectivity index (χ3v) is 1.94.